The van der Waals surface area contributed by atoms with Crippen LogP contribution in [0.4, 0.5) is 0 Å². The molecule has 140 valence electrons. The van der Waals surface area contributed by atoms with E-state index in [0.717, 1.165) is 16.5 Å². The highest BCUT2D eigenvalue weighted by Crippen LogP contribution is 2.27. The SMILES string of the molecule is COc1ccc(OC)c(/C=C(\C)C(=O)c2ccc3c(ccn3CCO)c2)c1. The van der Waals surface area contributed by atoms with Gasteiger partial charge in [0, 0.05) is 34.8 Å². The first-order valence-corrected chi connectivity index (χ1v) is 8.72. The van der Waals surface area contributed by atoms with Crippen LogP contribution in [0.5, 0.6) is 11.5 Å². The molecule has 0 saturated heterocycles. The van der Waals surface area contributed by atoms with Gasteiger partial charge in [-0.15, -0.1) is 0 Å². The van der Waals surface area contributed by atoms with Gasteiger partial charge >= 0.3 is 0 Å². The Morgan fingerprint density at radius 2 is 1.93 bits per heavy atom. The second-order valence-electron chi connectivity index (χ2n) is 6.27. The Balaban J connectivity index is 1.93. The van der Waals surface area contributed by atoms with Crippen molar-refractivity contribution in [1.82, 2.24) is 4.57 Å². The molecule has 0 saturated carbocycles. The summed E-state index contributed by atoms with van der Waals surface area (Å²) in [5.41, 5.74) is 3.02. The van der Waals surface area contributed by atoms with Gasteiger partial charge in [-0.2, -0.15) is 0 Å². The molecule has 0 fully saturated rings. The number of fused-ring (bicyclic) bond motifs is 1. The number of benzene rings is 2. The average molecular weight is 365 g/mol. The van der Waals surface area contributed by atoms with Crippen molar-refractivity contribution in [2.45, 2.75) is 13.5 Å². The van der Waals surface area contributed by atoms with Crippen LogP contribution in [-0.4, -0.2) is 36.3 Å². The van der Waals surface area contributed by atoms with E-state index in [0.29, 0.717) is 29.2 Å². The smallest absolute Gasteiger partial charge is 0.188 e. The van der Waals surface area contributed by atoms with E-state index < -0.39 is 0 Å². The summed E-state index contributed by atoms with van der Waals surface area (Å²) in [6.45, 7) is 2.41. The van der Waals surface area contributed by atoms with Gasteiger partial charge in [-0.1, -0.05) is 0 Å². The molecule has 3 rings (SSSR count). The number of aromatic nitrogens is 1. The van der Waals surface area contributed by atoms with Gasteiger partial charge in [0.1, 0.15) is 11.5 Å². The first-order valence-electron chi connectivity index (χ1n) is 8.72. The third kappa shape index (κ3) is 3.88. The summed E-state index contributed by atoms with van der Waals surface area (Å²) in [7, 11) is 3.20. The molecule has 5 heteroatoms. The van der Waals surface area contributed by atoms with Gasteiger partial charge < -0.3 is 19.1 Å². The Hall–Kier alpha value is -3.05. The van der Waals surface area contributed by atoms with Crippen molar-refractivity contribution in [1.29, 1.82) is 0 Å². The van der Waals surface area contributed by atoms with Crippen molar-refractivity contribution in [2.75, 3.05) is 20.8 Å². The minimum Gasteiger partial charge on any atom is -0.497 e. The lowest BCUT2D eigenvalue weighted by Crippen LogP contribution is -2.02. The molecule has 0 aliphatic heterocycles. The molecule has 1 N–H and O–H groups in total. The number of carbonyl (C=O) groups excluding carboxylic acids is 1. The maximum atomic E-state index is 12.9. The van der Waals surface area contributed by atoms with Crippen molar-refractivity contribution >= 4 is 22.8 Å². The molecule has 1 heterocycles. The van der Waals surface area contributed by atoms with Gasteiger partial charge in [-0.3, -0.25) is 4.79 Å². The number of aliphatic hydroxyl groups is 1. The van der Waals surface area contributed by atoms with Crippen LogP contribution in [0.15, 0.2) is 54.2 Å². The maximum Gasteiger partial charge on any atom is 0.188 e. The zero-order valence-electron chi connectivity index (χ0n) is 15.7. The minimum atomic E-state index is -0.0447. The molecular formula is C22H23NO4. The molecule has 0 bridgehead atoms. The Bertz CT molecular complexity index is 1000. The lowest BCUT2D eigenvalue weighted by atomic mass is 10.0. The fourth-order valence-electron chi connectivity index (χ4n) is 3.12. The number of aliphatic hydroxyl groups excluding tert-OH is 1. The molecule has 0 unspecified atom stereocenters. The predicted molar refractivity (Wildman–Crippen MR) is 107 cm³/mol. The molecule has 5 nitrogen and oxygen atoms in total. The van der Waals surface area contributed by atoms with Gasteiger partial charge in [-0.05, 0) is 61.0 Å². The number of hydrogen-bond donors (Lipinski definition) is 1. The monoisotopic (exact) mass is 365 g/mol. The molecular weight excluding hydrogens is 342 g/mol. The number of allylic oxidation sites excluding steroid dienone is 1. The van der Waals surface area contributed by atoms with Gasteiger partial charge in [0.2, 0.25) is 0 Å². The molecule has 0 spiro atoms. The van der Waals surface area contributed by atoms with Gasteiger partial charge in [-0.25, -0.2) is 0 Å². The van der Waals surface area contributed by atoms with Crippen LogP contribution in [0.25, 0.3) is 17.0 Å². The van der Waals surface area contributed by atoms with Crippen molar-refractivity contribution in [3.05, 3.63) is 65.4 Å². The van der Waals surface area contributed by atoms with Crippen LogP contribution in [0.1, 0.15) is 22.8 Å². The zero-order valence-corrected chi connectivity index (χ0v) is 15.7. The number of Topliss-reactive ketones (excluding diaryl/α,β-unsaturated/α-hetero) is 1. The summed E-state index contributed by atoms with van der Waals surface area (Å²) in [6.07, 6.45) is 3.73. The third-order valence-corrected chi connectivity index (χ3v) is 4.54. The normalized spacial score (nSPS) is 11.6. The number of methoxy groups -OCH3 is 2. The number of rotatable bonds is 7. The zero-order chi connectivity index (χ0) is 19.4. The van der Waals surface area contributed by atoms with Crippen LogP contribution >= 0.6 is 0 Å². The van der Waals surface area contributed by atoms with Gasteiger partial charge in [0.25, 0.3) is 0 Å². The molecule has 0 amide bonds. The molecule has 0 atom stereocenters. The van der Waals surface area contributed by atoms with Crippen molar-refractivity contribution < 1.29 is 19.4 Å². The van der Waals surface area contributed by atoms with Crippen LogP contribution < -0.4 is 9.47 Å². The minimum absolute atomic E-state index is 0.0447. The number of carbonyl (C=O) groups is 1. The highest BCUT2D eigenvalue weighted by molar-refractivity contribution is 6.12. The lowest BCUT2D eigenvalue weighted by Gasteiger charge is -2.09. The third-order valence-electron chi connectivity index (χ3n) is 4.54. The number of ether oxygens (including phenoxy) is 2. The molecule has 0 radical (unpaired) electrons. The van der Waals surface area contributed by atoms with Gasteiger partial charge in [0.05, 0.1) is 20.8 Å². The summed E-state index contributed by atoms with van der Waals surface area (Å²) in [6, 6.07) is 13.0. The highest BCUT2D eigenvalue weighted by Gasteiger charge is 2.12. The van der Waals surface area contributed by atoms with Gasteiger partial charge in [0.15, 0.2) is 5.78 Å². The predicted octanol–water partition coefficient (Wildman–Crippen LogP) is 3.94. The van der Waals surface area contributed by atoms with E-state index in [1.54, 1.807) is 21.1 Å². The molecule has 1 aromatic heterocycles. The lowest BCUT2D eigenvalue weighted by molar-refractivity contribution is 0.103. The van der Waals surface area contributed by atoms with Crippen LogP contribution in [0.3, 0.4) is 0 Å². The van der Waals surface area contributed by atoms with E-state index in [4.69, 9.17) is 14.6 Å². The fraction of sp³-hybridized carbons (Fsp3) is 0.227. The topological polar surface area (TPSA) is 60.7 Å². The second-order valence-corrected chi connectivity index (χ2v) is 6.27. The van der Waals surface area contributed by atoms with Crippen molar-refractivity contribution in [2.24, 2.45) is 0 Å². The molecule has 27 heavy (non-hydrogen) atoms. The van der Waals surface area contributed by atoms with E-state index in [2.05, 4.69) is 0 Å². The summed E-state index contributed by atoms with van der Waals surface area (Å²) >= 11 is 0. The Morgan fingerprint density at radius 3 is 2.63 bits per heavy atom. The summed E-state index contributed by atoms with van der Waals surface area (Å²) in [5.74, 6) is 1.34. The number of hydrogen-bond acceptors (Lipinski definition) is 4. The van der Waals surface area contributed by atoms with E-state index >= 15 is 0 Å². The summed E-state index contributed by atoms with van der Waals surface area (Å²) < 4.78 is 12.6. The molecule has 2 aromatic carbocycles. The van der Waals surface area contributed by atoms with Crippen molar-refractivity contribution in [3.8, 4) is 11.5 Å². The maximum absolute atomic E-state index is 12.9. The summed E-state index contributed by atoms with van der Waals surface area (Å²) in [5, 5.41) is 10.1. The number of ketones is 1. The van der Waals surface area contributed by atoms with E-state index in [-0.39, 0.29) is 12.4 Å². The second kappa shape index (κ2) is 8.10. The van der Waals surface area contributed by atoms with E-state index in [1.807, 2.05) is 59.3 Å². The van der Waals surface area contributed by atoms with Crippen molar-refractivity contribution in [3.63, 3.8) is 0 Å². The average Bonchev–Trinajstić information content (AvgIpc) is 3.09. The highest BCUT2D eigenvalue weighted by atomic mass is 16.5. The first-order chi connectivity index (χ1) is 13.1. The fourth-order valence-corrected chi connectivity index (χ4v) is 3.12. The summed E-state index contributed by atoms with van der Waals surface area (Å²) in [4.78, 5) is 12.9. The van der Waals surface area contributed by atoms with Crippen LogP contribution in [0.2, 0.25) is 0 Å². The first kappa shape index (κ1) is 18.7. The molecule has 0 aliphatic rings. The van der Waals surface area contributed by atoms with Crippen LogP contribution in [0, 0.1) is 0 Å². The van der Waals surface area contributed by atoms with E-state index in [1.165, 1.54) is 0 Å². The molecule has 0 aliphatic carbocycles. The standard InChI is InChI=1S/C22H23NO4/c1-15(12-18-14-19(26-2)5-7-21(18)27-3)22(25)17-4-6-20-16(13-17)8-9-23(20)10-11-24/h4-9,12-14,24H,10-11H2,1-3H3/b15-12+. The Labute approximate surface area is 158 Å². The van der Waals surface area contributed by atoms with E-state index in [9.17, 15) is 4.79 Å². The Kier molecular flexibility index (Phi) is 5.62. The Morgan fingerprint density at radius 1 is 1.11 bits per heavy atom. The quantitative estimate of drug-likeness (QED) is 0.509. The largest absolute Gasteiger partial charge is 0.497 e. The van der Waals surface area contributed by atoms with Crippen LogP contribution in [-0.2, 0) is 6.54 Å². The molecule has 3 aromatic rings. The number of nitrogens with zero attached hydrogens (tertiary/aromatic N) is 1.